The van der Waals surface area contributed by atoms with Gasteiger partial charge >= 0.3 is 0 Å². The molecule has 7 nitrogen and oxygen atoms in total. The fourth-order valence-corrected chi connectivity index (χ4v) is 5.57. The number of Topliss-reactive ketones (excluding diaryl/α,β-unsaturated/α-hetero) is 1. The first-order valence-electron chi connectivity index (χ1n) is 11.2. The Morgan fingerprint density at radius 2 is 2.00 bits per heavy atom. The Labute approximate surface area is 189 Å². The van der Waals surface area contributed by atoms with Crippen LogP contribution in [-0.2, 0) is 13.0 Å². The molecule has 2 atom stereocenters. The van der Waals surface area contributed by atoms with Crippen molar-refractivity contribution in [2.24, 2.45) is 0 Å². The topological polar surface area (TPSA) is 82.9 Å². The summed E-state index contributed by atoms with van der Waals surface area (Å²) in [5.74, 6) is -3.19. The van der Waals surface area contributed by atoms with E-state index in [4.69, 9.17) is 0 Å². The summed E-state index contributed by atoms with van der Waals surface area (Å²) in [6.45, 7) is 3.96. The fourth-order valence-electron chi connectivity index (χ4n) is 5.57. The van der Waals surface area contributed by atoms with Gasteiger partial charge in [-0.25, -0.2) is 8.78 Å². The monoisotopic (exact) mass is 457 g/mol. The third kappa shape index (κ3) is 3.45. The van der Waals surface area contributed by atoms with Gasteiger partial charge in [-0.3, -0.25) is 19.3 Å². The molecule has 0 unspecified atom stereocenters. The Morgan fingerprint density at radius 3 is 2.76 bits per heavy atom. The van der Waals surface area contributed by atoms with Crippen LogP contribution in [0.5, 0.6) is 5.75 Å². The van der Waals surface area contributed by atoms with Crippen molar-refractivity contribution in [2.75, 3.05) is 13.1 Å². The molecule has 3 aliphatic rings. The molecule has 2 saturated heterocycles. The smallest absolute Gasteiger partial charge is 0.275 e. The number of carbonyl (C=O) groups is 2. The number of fused-ring (bicyclic) bond motifs is 4. The predicted octanol–water partition coefficient (Wildman–Crippen LogP) is 2.69. The van der Waals surface area contributed by atoms with Crippen LogP contribution in [0.3, 0.4) is 0 Å². The van der Waals surface area contributed by atoms with E-state index in [1.54, 1.807) is 4.90 Å². The van der Waals surface area contributed by atoms with Crippen molar-refractivity contribution in [2.45, 2.75) is 57.3 Å². The van der Waals surface area contributed by atoms with Gasteiger partial charge in [-0.1, -0.05) is 6.07 Å². The number of aromatic hydroxyl groups is 1. The minimum atomic E-state index is -0.902. The minimum absolute atomic E-state index is 0.0118. The molecule has 0 aliphatic carbocycles. The molecule has 5 rings (SSSR count). The number of benzene rings is 1. The zero-order valence-corrected chi connectivity index (χ0v) is 18.3. The first-order chi connectivity index (χ1) is 15.7. The maximum absolute atomic E-state index is 13.9. The molecule has 1 aromatic heterocycles. The molecular weight excluding hydrogens is 432 g/mol. The van der Waals surface area contributed by atoms with Gasteiger partial charge in [0.2, 0.25) is 5.43 Å². The fraction of sp³-hybridized carbons (Fsp3) is 0.458. The summed E-state index contributed by atoms with van der Waals surface area (Å²) < 4.78 is 28.5. The average molecular weight is 457 g/mol. The van der Waals surface area contributed by atoms with Gasteiger partial charge in [-0.05, 0) is 44.2 Å². The summed E-state index contributed by atoms with van der Waals surface area (Å²) in [4.78, 5) is 42.8. The van der Waals surface area contributed by atoms with E-state index in [0.29, 0.717) is 13.1 Å². The second kappa shape index (κ2) is 7.76. The van der Waals surface area contributed by atoms with E-state index in [2.05, 4.69) is 11.8 Å². The number of halogens is 2. The summed E-state index contributed by atoms with van der Waals surface area (Å²) >= 11 is 0. The second-order valence-corrected chi connectivity index (χ2v) is 9.40. The molecule has 2 aromatic rings. The summed E-state index contributed by atoms with van der Waals surface area (Å²) in [5.41, 5.74) is -1.06. The molecule has 1 N–H and O–H groups in total. The zero-order valence-electron chi connectivity index (χ0n) is 18.3. The molecule has 2 fully saturated rings. The Bertz CT molecular complexity index is 1230. The van der Waals surface area contributed by atoms with E-state index >= 15 is 0 Å². The highest BCUT2D eigenvalue weighted by atomic mass is 19.1. The molecule has 3 aliphatic heterocycles. The number of amides is 1. The van der Waals surface area contributed by atoms with Crippen molar-refractivity contribution in [3.63, 3.8) is 0 Å². The molecule has 174 valence electrons. The Balaban J connectivity index is 1.45. The largest absolute Gasteiger partial charge is 0.503 e. The first kappa shape index (κ1) is 21.8. The van der Waals surface area contributed by atoms with Crippen molar-refractivity contribution >= 4 is 11.7 Å². The molecule has 1 amide bonds. The van der Waals surface area contributed by atoms with E-state index in [1.807, 2.05) is 0 Å². The van der Waals surface area contributed by atoms with Crippen LogP contribution >= 0.6 is 0 Å². The number of carbonyl (C=O) groups excluding carboxylic acids is 2. The molecule has 9 heteroatoms. The lowest BCUT2D eigenvalue weighted by Crippen LogP contribution is -2.65. The van der Waals surface area contributed by atoms with Crippen molar-refractivity contribution in [1.29, 1.82) is 0 Å². The molecule has 4 heterocycles. The molecule has 0 radical (unpaired) electrons. The lowest BCUT2D eigenvalue weighted by Gasteiger charge is -2.53. The van der Waals surface area contributed by atoms with Crippen molar-refractivity contribution < 1.29 is 23.5 Å². The Morgan fingerprint density at radius 1 is 1.21 bits per heavy atom. The summed E-state index contributed by atoms with van der Waals surface area (Å²) in [5, 5.41) is 10.6. The second-order valence-electron chi connectivity index (χ2n) is 9.40. The highest BCUT2D eigenvalue weighted by Gasteiger charge is 2.50. The van der Waals surface area contributed by atoms with Crippen LogP contribution in [0.1, 0.15) is 59.0 Å². The molecule has 0 saturated carbocycles. The molecule has 1 aromatic carbocycles. The molecular formula is C24H25F2N3O4. The van der Waals surface area contributed by atoms with Gasteiger partial charge < -0.3 is 14.6 Å². The number of hydrogen-bond acceptors (Lipinski definition) is 5. The van der Waals surface area contributed by atoms with Crippen LogP contribution in [0.25, 0.3) is 0 Å². The third-order valence-corrected chi connectivity index (χ3v) is 7.44. The van der Waals surface area contributed by atoms with Crippen LogP contribution in [0, 0.1) is 11.6 Å². The SMILES string of the molecule is C[C@@]12CCCN1[C@@H]1Cn3cc(C(=O)CCc4ccc(F)cc4F)c(=O)c(O)c3C(=O)N1CC2. The Kier molecular flexibility index (Phi) is 5.12. The highest BCUT2D eigenvalue weighted by Crippen LogP contribution is 2.41. The highest BCUT2D eigenvalue weighted by molar-refractivity contribution is 6.00. The van der Waals surface area contributed by atoms with Gasteiger partial charge in [0.05, 0.1) is 12.1 Å². The maximum Gasteiger partial charge on any atom is 0.275 e. The van der Waals surface area contributed by atoms with E-state index in [0.717, 1.165) is 37.9 Å². The van der Waals surface area contributed by atoms with E-state index in [1.165, 1.54) is 16.8 Å². The van der Waals surface area contributed by atoms with Crippen LogP contribution in [-0.4, -0.2) is 56.0 Å². The number of hydrogen-bond donors (Lipinski definition) is 1. The average Bonchev–Trinajstić information content (AvgIpc) is 3.17. The number of ketones is 1. The number of aryl methyl sites for hydroxylation is 1. The van der Waals surface area contributed by atoms with E-state index in [9.17, 15) is 28.3 Å². The summed E-state index contributed by atoms with van der Waals surface area (Å²) in [6, 6.07) is 3.11. The van der Waals surface area contributed by atoms with Crippen LogP contribution in [0.2, 0.25) is 0 Å². The van der Waals surface area contributed by atoms with Gasteiger partial charge in [0.25, 0.3) is 5.91 Å². The predicted molar refractivity (Wildman–Crippen MR) is 115 cm³/mol. The summed E-state index contributed by atoms with van der Waals surface area (Å²) in [7, 11) is 0. The van der Waals surface area contributed by atoms with Gasteiger partial charge in [-0.2, -0.15) is 0 Å². The minimum Gasteiger partial charge on any atom is -0.503 e. The van der Waals surface area contributed by atoms with Crippen LogP contribution in [0.15, 0.2) is 29.2 Å². The third-order valence-electron chi connectivity index (χ3n) is 7.44. The van der Waals surface area contributed by atoms with Gasteiger partial charge in [0, 0.05) is 37.3 Å². The van der Waals surface area contributed by atoms with Crippen LogP contribution < -0.4 is 5.43 Å². The quantitative estimate of drug-likeness (QED) is 0.714. The normalized spacial score (nSPS) is 24.4. The van der Waals surface area contributed by atoms with Crippen molar-refractivity contribution in [3.8, 4) is 5.75 Å². The van der Waals surface area contributed by atoms with Crippen molar-refractivity contribution in [3.05, 3.63) is 63.1 Å². The molecule has 0 bridgehead atoms. The molecule has 0 spiro atoms. The van der Waals surface area contributed by atoms with E-state index in [-0.39, 0.29) is 41.4 Å². The number of aromatic nitrogens is 1. The van der Waals surface area contributed by atoms with E-state index < -0.39 is 34.5 Å². The van der Waals surface area contributed by atoms with Crippen molar-refractivity contribution in [1.82, 2.24) is 14.4 Å². The molecule has 33 heavy (non-hydrogen) atoms. The standard InChI is InChI=1S/C24H25F2N3O4/c1-24-7-2-9-29(24)19-13-27-12-16(18(30)6-4-14-3-5-15(25)11-17(14)26)21(31)22(32)20(27)23(33)28(19)10-8-24/h3,5,11-12,19,32H,2,4,6-10,13H2,1H3/t19-,24+/m1/s1. The number of rotatable bonds is 4. The van der Waals surface area contributed by atoms with Gasteiger partial charge in [0.1, 0.15) is 17.8 Å². The van der Waals surface area contributed by atoms with Crippen LogP contribution in [0.4, 0.5) is 8.78 Å². The lowest BCUT2D eigenvalue weighted by molar-refractivity contribution is -0.0554. The van der Waals surface area contributed by atoms with Gasteiger partial charge in [0.15, 0.2) is 17.2 Å². The van der Waals surface area contributed by atoms with Gasteiger partial charge in [-0.15, -0.1) is 0 Å². The number of nitrogens with zero attached hydrogens (tertiary/aromatic N) is 3. The maximum atomic E-state index is 13.9. The lowest BCUT2D eigenvalue weighted by atomic mass is 9.90. The first-order valence-corrected chi connectivity index (χ1v) is 11.2. The number of pyridine rings is 1. The Hall–Kier alpha value is -3.07. The summed E-state index contributed by atoms with van der Waals surface area (Å²) in [6.07, 6.45) is 3.86. The zero-order chi connectivity index (χ0) is 23.5.